The molecule has 1 atom stereocenters. The van der Waals surface area contributed by atoms with E-state index in [2.05, 4.69) is 56.5 Å². The molecule has 1 fully saturated rings. The number of allylic oxidation sites excluding steroid dienone is 1. The molecule has 4 N–H and O–H groups in total. The van der Waals surface area contributed by atoms with Crippen LogP contribution in [0.1, 0.15) is 58.8 Å². The van der Waals surface area contributed by atoms with Gasteiger partial charge in [-0.25, -0.2) is 0 Å². The molecule has 7 rings (SSSR count). The summed E-state index contributed by atoms with van der Waals surface area (Å²) in [6.45, 7) is 1.58. The fraction of sp³-hybridized carbons (Fsp3) is 0.310. The lowest BCUT2D eigenvalue weighted by molar-refractivity contribution is 0.187. The third-order valence-corrected chi connectivity index (χ3v) is 8.61. The molecule has 0 amide bonds. The van der Waals surface area contributed by atoms with Gasteiger partial charge < -0.3 is 10.6 Å². The van der Waals surface area contributed by atoms with Crippen molar-refractivity contribution in [2.24, 2.45) is 11.1 Å². The number of fused-ring (bicyclic) bond motifs is 3. The van der Waals surface area contributed by atoms with Gasteiger partial charge in [-0.2, -0.15) is 15.3 Å². The van der Waals surface area contributed by atoms with Crippen LogP contribution < -0.4 is 16.2 Å². The Morgan fingerprint density at radius 3 is 2.78 bits per heavy atom. The second-order valence-electron chi connectivity index (χ2n) is 10.5. The van der Waals surface area contributed by atoms with Crippen molar-refractivity contribution in [1.82, 2.24) is 20.2 Å². The van der Waals surface area contributed by atoms with Crippen LogP contribution >= 0.6 is 0 Å². The number of aromatic amines is 2. The Morgan fingerprint density at radius 2 is 1.97 bits per heavy atom. The number of nitrogens with two attached hydrogens (primary N) is 1. The predicted octanol–water partition coefficient (Wildman–Crippen LogP) is 3.74. The number of benzene rings is 2. The Labute approximate surface area is 213 Å². The number of hydrogen-bond donors (Lipinski definition) is 3. The van der Waals surface area contributed by atoms with E-state index in [1.807, 2.05) is 18.2 Å². The molecule has 1 spiro atoms. The van der Waals surface area contributed by atoms with Crippen LogP contribution in [0.4, 0.5) is 5.95 Å². The largest absolute Gasteiger partial charge is 0.342 e. The Balaban J connectivity index is 1.17. The van der Waals surface area contributed by atoms with Crippen LogP contribution in [0.5, 0.6) is 0 Å². The van der Waals surface area contributed by atoms with Crippen molar-refractivity contribution in [2.75, 3.05) is 18.0 Å². The minimum atomic E-state index is -0.198. The fourth-order valence-corrected chi connectivity index (χ4v) is 6.58. The molecule has 1 aliphatic heterocycles. The number of hydrogen-bond acceptors (Lipinski definition) is 6. The zero-order chi connectivity index (χ0) is 25.1. The monoisotopic (exact) mass is 489 g/mol. The SMILES string of the molecule is N#Cc1ccc2c(c1)CCC=C2c1n[nH]c2nc(N3CCC4(CC3)Cc3ccccc3[C@H]4N)[nH]c(=O)c12. The van der Waals surface area contributed by atoms with Gasteiger partial charge in [0.2, 0.25) is 5.95 Å². The standard InChI is InChI=1S/C29H27N7O/c30-16-17-8-9-20-18(14-17)5-3-7-22(20)24-23-26(35-34-24)32-28(33-27(23)37)36-12-10-29(11-13-36)15-19-4-1-2-6-21(19)25(29)31/h1-2,4,6-9,14,25H,3,5,10-13,15,31H2,(H2,32,33,34,35,37)/t25-/m1/s1. The minimum Gasteiger partial charge on any atom is -0.342 e. The number of nitrogens with one attached hydrogen (secondary N) is 2. The summed E-state index contributed by atoms with van der Waals surface area (Å²) in [5, 5.41) is 17.3. The van der Waals surface area contributed by atoms with E-state index >= 15 is 0 Å². The first kappa shape index (κ1) is 22.0. The third kappa shape index (κ3) is 3.35. The van der Waals surface area contributed by atoms with Crippen LogP contribution in [0.3, 0.4) is 0 Å². The summed E-state index contributed by atoms with van der Waals surface area (Å²) in [5.41, 5.74) is 14.0. The quantitative estimate of drug-likeness (QED) is 0.394. The van der Waals surface area contributed by atoms with Crippen molar-refractivity contribution in [2.45, 2.75) is 38.1 Å². The Kier molecular flexibility index (Phi) is 4.85. The first-order chi connectivity index (χ1) is 18.1. The molecule has 0 radical (unpaired) electrons. The number of aryl methyl sites for hydroxylation is 1. The van der Waals surface area contributed by atoms with Gasteiger partial charge in [-0.15, -0.1) is 0 Å². The van der Waals surface area contributed by atoms with Crippen molar-refractivity contribution >= 4 is 22.6 Å². The Morgan fingerprint density at radius 1 is 1.14 bits per heavy atom. The molecule has 0 unspecified atom stereocenters. The van der Waals surface area contributed by atoms with Crippen molar-refractivity contribution in [1.29, 1.82) is 5.26 Å². The smallest absolute Gasteiger partial charge is 0.264 e. The Bertz CT molecular complexity index is 1680. The number of H-pyrrole nitrogens is 2. The van der Waals surface area contributed by atoms with Gasteiger partial charge >= 0.3 is 0 Å². The van der Waals surface area contributed by atoms with E-state index < -0.39 is 0 Å². The molecule has 3 aliphatic rings. The van der Waals surface area contributed by atoms with Crippen LogP contribution in [0.2, 0.25) is 0 Å². The highest BCUT2D eigenvalue weighted by Gasteiger charge is 2.46. The molecule has 4 aromatic rings. The normalized spacial score (nSPS) is 19.9. The summed E-state index contributed by atoms with van der Waals surface area (Å²) >= 11 is 0. The number of nitrogens with zero attached hydrogens (tertiary/aromatic N) is 4. The second-order valence-corrected chi connectivity index (χ2v) is 10.5. The van der Waals surface area contributed by atoms with Gasteiger partial charge in [-0.3, -0.25) is 14.9 Å². The van der Waals surface area contributed by atoms with Gasteiger partial charge in [-0.05, 0) is 71.9 Å². The van der Waals surface area contributed by atoms with Crippen molar-refractivity contribution in [3.05, 3.63) is 92.4 Å². The summed E-state index contributed by atoms with van der Waals surface area (Å²) in [5.74, 6) is 0.573. The molecule has 184 valence electrons. The molecule has 1 saturated heterocycles. The maximum absolute atomic E-state index is 13.4. The van der Waals surface area contributed by atoms with Gasteiger partial charge in [-0.1, -0.05) is 36.4 Å². The molecule has 0 bridgehead atoms. The first-order valence-corrected chi connectivity index (χ1v) is 12.9. The van der Waals surface area contributed by atoms with E-state index in [1.54, 1.807) is 0 Å². The number of nitriles is 1. The average molecular weight is 490 g/mol. The van der Waals surface area contributed by atoms with Gasteiger partial charge in [0.25, 0.3) is 5.56 Å². The predicted molar refractivity (Wildman–Crippen MR) is 142 cm³/mol. The van der Waals surface area contributed by atoms with E-state index in [0.29, 0.717) is 28.2 Å². The number of rotatable bonds is 2. The van der Waals surface area contributed by atoms with Gasteiger partial charge in [0.1, 0.15) is 11.1 Å². The van der Waals surface area contributed by atoms with Crippen LogP contribution in [0.25, 0.3) is 16.6 Å². The maximum Gasteiger partial charge on any atom is 0.264 e. The summed E-state index contributed by atoms with van der Waals surface area (Å²) in [7, 11) is 0. The van der Waals surface area contributed by atoms with E-state index in [4.69, 9.17) is 10.7 Å². The van der Waals surface area contributed by atoms with Crippen molar-refractivity contribution in [3.8, 4) is 6.07 Å². The third-order valence-electron chi connectivity index (χ3n) is 8.61. The zero-order valence-corrected chi connectivity index (χ0v) is 20.4. The molecule has 3 heterocycles. The summed E-state index contributed by atoms with van der Waals surface area (Å²) in [6, 6.07) is 16.5. The molecule has 2 aromatic heterocycles. The molecule has 37 heavy (non-hydrogen) atoms. The maximum atomic E-state index is 13.4. The van der Waals surface area contributed by atoms with E-state index in [1.165, 1.54) is 11.1 Å². The highest BCUT2D eigenvalue weighted by atomic mass is 16.1. The van der Waals surface area contributed by atoms with Gasteiger partial charge in [0.15, 0.2) is 5.65 Å². The highest BCUT2D eigenvalue weighted by Crippen LogP contribution is 2.50. The minimum absolute atomic E-state index is 0.0476. The van der Waals surface area contributed by atoms with Crippen LogP contribution in [-0.2, 0) is 12.8 Å². The molecular formula is C29H27N7O. The van der Waals surface area contributed by atoms with E-state index in [0.717, 1.165) is 61.9 Å². The first-order valence-electron chi connectivity index (χ1n) is 12.9. The lowest BCUT2D eigenvalue weighted by Crippen LogP contribution is -2.45. The second kappa shape index (κ2) is 8.15. The summed E-state index contributed by atoms with van der Waals surface area (Å²) in [6.07, 6.45) is 6.72. The van der Waals surface area contributed by atoms with Crippen LogP contribution in [0.15, 0.2) is 53.3 Å². The van der Waals surface area contributed by atoms with Crippen LogP contribution in [-0.4, -0.2) is 33.3 Å². The molecule has 2 aliphatic carbocycles. The zero-order valence-electron chi connectivity index (χ0n) is 20.4. The molecule has 2 aromatic carbocycles. The molecule has 8 heteroatoms. The topological polar surface area (TPSA) is 127 Å². The average Bonchev–Trinajstić information content (AvgIpc) is 3.48. The van der Waals surface area contributed by atoms with E-state index in [-0.39, 0.29) is 17.0 Å². The number of anilines is 1. The van der Waals surface area contributed by atoms with Gasteiger partial charge in [0, 0.05) is 24.7 Å². The molecule has 8 nitrogen and oxygen atoms in total. The summed E-state index contributed by atoms with van der Waals surface area (Å²) < 4.78 is 0. The molecular weight excluding hydrogens is 462 g/mol. The summed E-state index contributed by atoms with van der Waals surface area (Å²) in [4.78, 5) is 23.3. The number of aromatic nitrogens is 4. The molecule has 0 saturated carbocycles. The fourth-order valence-electron chi connectivity index (χ4n) is 6.58. The van der Waals surface area contributed by atoms with Crippen molar-refractivity contribution in [3.63, 3.8) is 0 Å². The van der Waals surface area contributed by atoms with E-state index in [9.17, 15) is 10.1 Å². The van der Waals surface area contributed by atoms with Gasteiger partial charge in [0.05, 0.1) is 11.6 Å². The number of piperidine rings is 1. The lowest BCUT2D eigenvalue weighted by atomic mass is 9.73. The Hall–Kier alpha value is -4.22. The highest BCUT2D eigenvalue weighted by molar-refractivity contribution is 5.94. The lowest BCUT2D eigenvalue weighted by Gasteiger charge is -2.42. The van der Waals surface area contributed by atoms with Crippen LogP contribution in [0, 0.1) is 16.7 Å². The van der Waals surface area contributed by atoms with Crippen molar-refractivity contribution < 1.29 is 0 Å².